The monoisotopic (exact) mass is 593 g/mol. The van der Waals surface area contributed by atoms with Gasteiger partial charge in [0.05, 0.1) is 11.0 Å². The van der Waals surface area contributed by atoms with E-state index in [1.165, 1.54) is 43.8 Å². The molecular formula is C30H31N3O10. The highest BCUT2D eigenvalue weighted by Gasteiger charge is 2.53. The van der Waals surface area contributed by atoms with Crippen molar-refractivity contribution in [1.29, 1.82) is 0 Å². The smallest absolute Gasteiger partial charge is 0.364 e. The lowest BCUT2D eigenvalue weighted by molar-refractivity contribution is -0.305. The number of carbonyl (C=O) groups excluding carboxylic acids is 2. The number of carbonyl (C=O) groups is 2. The summed E-state index contributed by atoms with van der Waals surface area (Å²) in [7, 11) is 1.42. The van der Waals surface area contributed by atoms with E-state index in [2.05, 4.69) is 15.3 Å². The van der Waals surface area contributed by atoms with E-state index < -0.39 is 59.1 Å². The number of esters is 1. The van der Waals surface area contributed by atoms with Gasteiger partial charge in [-0.1, -0.05) is 0 Å². The molecule has 0 bridgehead atoms. The molecule has 226 valence electrons. The number of amides is 1. The fourth-order valence-electron chi connectivity index (χ4n) is 5.04. The average Bonchev–Trinajstić information content (AvgIpc) is 3.42. The molecule has 4 N–H and O–H groups in total. The first-order chi connectivity index (χ1) is 20.4. The number of fused-ring (bicyclic) bond motifs is 1. The van der Waals surface area contributed by atoms with E-state index in [0.29, 0.717) is 5.56 Å². The zero-order chi connectivity index (χ0) is 31.1. The average molecular weight is 594 g/mol. The summed E-state index contributed by atoms with van der Waals surface area (Å²) >= 11 is 0. The molecule has 13 nitrogen and oxygen atoms in total. The Hall–Kier alpha value is -4.72. The van der Waals surface area contributed by atoms with Crippen molar-refractivity contribution < 1.29 is 43.2 Å². The van der Waals surface area contributed by atoms with Gasteiger partial charge in [0.15, 0.2) is 23.6 Å². The lowest BCUT2D eigenvalue weighted by Gasteiger charge is -2.47. The molecule has 4 atom stereocenters. The van der Waals surface area contributed by atoms with Crippen LogP contribution in [0.1, 0.15) is 46.0 Å². The summed E-state index contributed by atoms with van der Waals surface area (Å²) in [5.74, 6) is -1.66. The predicted octanol–water partition coefficient (Wildman–Crippen LogP) is 3.21. The molecule has 3 aromatic heterocycles. The van der Waals surface area contributed by atoms with Crippen molar-refractivity contribution in [2.45, 2.75) is 57.9 Å². The fraction of sp³-hybridized carbons (Fsp3) is 0.333. The van der Waals surface area contributed by atoms with E-state index in [-0.39, 0.29) is 28.0 Å². The van der Waals surface area contributed by atoms with Gasteiger partial charge in [0.1, 0.15) is 23.1 Å². The van der Waals surface area contributed by atoms with Crippen LogP contribution < -0.4 is 15.7 Å². The first kappa shape index (κ1) is 29.8. The van der Waals surface area contributed by atoms with Crippen LogP contribution >= 0.6 is 0 Å². The summed E-state index contributed by atoms with van der Waals surface area (Å²) in [4.78, 5) is 45.0. The van der Waals surface area contributed by atoms with Gasteiger partial charge in [0, 0.05) is 36.3 Å². The van der Waals surface area contributed by atoms with Crippen molar-refractivity contribution in [1.82, 2.24) is 9.97 Å². The van der Waals surface area contributed by atoms with Crippen molar-refractivity contribution in [3.8, 4) is 11.5 Å². The largest absolute Gasteiger partial charge is 0.505 e. The number of aromatic hydroxyl groups is 1. The molecule has 13 heteroatoms. The molecule has 4 aromatic rings. The van der Waals surface area contributed by atoms with Crippen LogP contribution in [0.25, 0.3) is 11.0 Å². The number of benzene rings is 1. The molecule has 1 aliphatic rings. The Morgan fingerprint density at radius 1 is 1.09 bits per heavy atom. The van der Waals surface area contributed by atoms with E-state index in [1.54, 1.807) is 39.8 Å². The summed E-state index contributed by atoms with van der Waals surface area (Å²) in [5, 5.41) is 24.7. The third-order valence-corrected chi connectivity index (χ3v) is 7.24. The number of anilines is 1. The minimum Gasteiger partial charge on any atom is -0.505 e. The van der Waals surface area contributed by atoms with Gasteiger partial charge in [0.25, 0.3) is 5.91 Å². The molecule has 5 rings (SSSR count). The Balaban J connectivity index is 1.43. The van der Waals surface area contributed by atoms with Crippen LogP contribution in [0.2, 0.25) is 0 Å². The Morgan fingerprint density at radius 2 is 1.81 bits per heavy atom. The number of H-pyrrole nitrogens is 1. The van der Waals surface area contributed by atoms with Gasteiger partial charge in [-0.2, -0.15) is 0 Å². The maximum atomic E-state index is 12.9. The number of nitrogens with one attached hydrogen (secondary N) is 2. The van der Waals surface area contributed by atoms with Gasteiger partial charge in [0.2, 0.25) is 6.29 Å². The maximum Gasteiger partial charge on any atom is 0.364 e. The van der Waals surface area contributed by atoms with Crippen molar-refractivity contribution >= 4 is 28.5 Å². The maximum absolute atomic E-state index is 12.9. The molecule has 0 unspecified atom stereocenters. The van der Waals surface area contributed by atoms with Crippen LogP contribution in [0.15, 0.2) is 58.0 Å². The van der Waals surface area contributed by atoms with Crippen molar-refractivity contribution in [2.75, 3.05) is 12.4 Å². The summed E-state index contributed by atoms with van der Waals surface area (Å²) in [6, 6.07) is 9.11. The van der Waals surface area contributed by atoms with Crippen LogP contribution in [-0.4, -0.2) is 69.4 Å². The molecule has 1 fully saturated rings. The molecule has 0 saturated carbocycles. The number of rotatable bonds is 7. The fourth-order valence-corrected chi connectivity index (χ4v) is 5.04. The molecule has 1 saturated heterocycles. The second kappa shape index (κ2) is 11.5. The number of ether oxygens (including phenoxy) is 4. The highest BCUT2D eigenvalue weighted by molar-refractivity contribution is 6.06. The Kier molecular flexibility index (Phi) is 7.97. The predicted molar refractivity (Wildman–Crippen MR) is 152 cm³/mol. The zero-order valence-electron chi connectivity index (χ0n) is 24.0. The van der Waals surface area contributed by atoms with Crippen molar-refractivity contribution in [2.24, 2.45) is 0 Å². The number of pyridine rings is 1. The number of aryl methyl sites for hydroxylation is 2. The number of hydrogen-bond donors (Lipinski definition) is 4. The lowest BCUT2D eigenvalue weighted by atomic mass is 9.89. The normalized spacial score (nSPS) is 21.3. The van der Waals surface area contributed by atoms with Gasteiger partial charge >= 0.3 is 11.6 Å². The molecule has 0 spiro atoms. The van der Waals surface area contributed by atoms with E-state index in [4.69, 9.17) is 23.4 Å². The van der Waals surface area contributed by atoms with Gasteiger partial charge in [-0.15, -0.1) is 0 Å². The highest BCUT2D eigenvalue weighted by Crippen LogP contribution is 2.38. The molecule has 1 amide bonds. The van der Waals surface area contributed by atoms with E-state index in [1.807, 2.05) is 0 Å². The second-order valence-electron chi connectivity index (χ2n) is 10.6. The summed E-state index contributed by atoms with van der Waals surface area (Å²) in [5.41, 5.74) is -1.01. The van der Waals surface area contributed by atoms with Crippen LogP contribution in [0.4, 0.5) is 5.69 Å². The van der Waals surface area contributed by atoms with Crippen LogP contribution in [0.3, 0.4) is 0 Å². The Morgan fingerprint density at radius 3 is 2.47 bits per heavy atom. The first-order valence-electron chi connectivity index (χ1n) is 13.3. The highest BCUT2D eigenvalue weighted by atomic mass is 16.7. The molecular weight excluding hydrogens is 562 g/mol. The Bertz CT molecular complexity index is 1730. The number of aromatic amines is 1. The zero-order valence-corrected chi connectivity index (χ0v) is 24.0. The first-order valence-corrected chi connectivity index (χ1v) is 13.3. The van der Waals surface area contributed by atoms with Crippen LogP contribution in [0, 0.1) is 13.8 Å². The van der Waals surface area contributed by atoms with Gasteiger partial charge in [-0.25, -0.2) is 9.59 Å². The summed E-state index contributed by atoms with van der Waals surface area (Å²) < 4.78 is 28.8. The number of methoxy groups -OCH3 is 1. The molecule has 4 heterocycles. The SMILES string of the molecule is CO[C@@H]1[C@@H](OC(=O)c2ccc(C)[nH]2)[C@@H](O)[C@H](Oc2ccc3c(O)c(NC(=O)c4ccncc4)c(=O)oc3c2C)OC1(C)C. The minimum atomic E-state index is -1.49. The van der Waals surface area contributed by atoms with Gasteiger partial charge < -0.3 is 43.9 Å². The van der Waals surface area contributed by atoms with Crippen molar-refractivity contribution in [3.05, 3.63) is 81.7 Å². The molecule has 0 aliphatic carbocycles. The second-order valence-corrected chi connectivity index (χ2v) is 10.6. The summed E-state index contributed by atoms with van der Waals surface area (Å²) in [6.45, 7) is 6.78. The third kappa shape index (κ3) is 5.69. The lowest BCUT2D eigenvalue weighted by Crippen LogP contribution is -2.65. The standard InChI is InChI=1S/C30H31N3O10/c1-14-6-8-18(32-14)27(37)42-24-22(35)29(43-30(3,4)25(24)39-5)40-19-9-7-17-21(34)20(28(38)41-23(17)15(19)2)33-26(36)16-10-12-31-13-11-16/h6-13,22,24-25,29,32,34-35H,1-5H3,(H,33,36)/t22-,24+,25-,29-/m1/s1. The third-order valence-electron chi connectivity index (χ3n) is 7.24. The molecule has 1 aromatic carbocycles. The number of hydrogen-bond acceptors (Lipinski definition) is 11. The van der Waals surface area contributed by atoms with E-state index >= 15 is 0 Å². The number of aliphatic hydroxyl groups is 1. The van der Waals surface area contributed by atoms with E-state index in [0.717, 1.165) is 5.69 Å². The summed E-state index contributed by atoms with van der Waals surface area (Å²) in [6.07, 6.45) is -2.01. The van der Waals surface area contributed by atoms with E-state index in [9.17, 15) is 24.6 Å². The molecule has 43 heavy (non-hydrogen) atoms. The molecule has 0 radical (unpaired) electrons. The van der Waals surface area contributed by atoms with Crippen LogP contribution in [0.5, 0.6) is 11.5 Å². The van der Waals surface area contributed by atoms with Crippen LogP contribution in [-0.2, 0) is 14.2 Å². The van der Waals surface area contributed by atoms with Gasteiger partial charge in [-0.3, -0.25) is 9.78 Å². The number of aliphatic hydroxyl groups excluding tert-OH is 1. The minimum absolute atomic E-state index is 0.00803. The Labute approximate surface area is 245 Å². The van der Waals surface area contributed by atoms with Gasteiger partial charge in [-0.05, 0) is 64.1 Å². The van der Waals surface area contributed by atoms with Crippen molar-refractivity contribution in [3.63, 3.8) is 0 Å². The topological polar surface area (TPSA) is 182 Å². The quantitative estimate of drug-likeness (QED) is 0.182. The number of aromatic nitrogens is 2. The molecule has 1 aliphatic heterocycles. The number of nitrogens with zero attached hydrogens (tertiary/aromatic N) is 1.